The van der Waals surface area contributed by atoms with Crippen LogP contribution in [0.25, 0.3) is 16.8 Å². The molecule has 2 N–H and O–H groups in total. The van der Waals surface area contributed by atoms with Gasteiger partial charge in [-0.3, -0.25) is 4.79 Å². The fraction of sp³-hybridized carbons (Fsp3) is 0.130. The quantitative estimate of drug-likeness (QED) is 0.495. The zero-order valence-electron chi connectivity index (χ0n) is 16.0. The Bertz CT molecular complexity index is 1150. The summed E-state index contributed by atoms with van der Waals surface area (Å²) in [6.45, 7) is 0.471. The lowest BCUT2D eigenvalue weighted by molar-refractivity contribution is -0.513. The van der Waals surface area contributed by atoms with E-state index in [4.69, 9.17) is 4.74 Å². The fourth-order valence-electron chi connectivity index (χ4n) is 3.39. The van der Waals surface area contributed by atoms with Crippen LogP contribution in [-0.4, -0.2) is 24.5 Å². The van der Waals surface area contributed by atoms with Crippen molar-refractivity contribution in [3.63, 3.8) is 0 Å². The molecule has 0 aliphatic carbocycles. The number of carbonyl (C=O) groups excluding carboxylic acids is 1. The number of para-hydroxylation sites is 1. The first-order valence-electron chi connectivity index (χ1n) is 9.36. The van der Waals surface area contributed by atoms with E-state index in [1.807, 2.05) is 48.7 Å². The first-order valence-corrected chi connectivity index (χ1v) is 9.36. The average molecular weight is 390 g/mol. The highest BCUT2D eigenvalue weighted by atomic mass is 19.1. The molecule has 5 nitrogen and oxygen atoms in total. The minimum absolute atomic E-state index is 0.213. The second kappa shape index (κ2) is 8.14. The molecule has 29 heavy (non-hydrogen) atoms. The lowest BCUT2D eigenvalue weighted by Gasteiger charge is -2.08. The molecule has 0 bridgehead atoms. The van der Waals surface area contributed by atoms with Crippen molar-refractivity contribution in [1.82, 2.24) is 10.3 Å². The Balaban J connectivity index is 1.57. The average Bonchev–Trinajstić information content (AvgIpc) is 3.14. The molecule has 4 rings (SSSR count). The number of nitrogens with zero attached hydrogens (tertiary/aromatic N) is 1. The molecule has 0 saturated carbocycles. The first kappa shape index (κ1) is 18.7. The smallest absolute Gasteiger partial charge is 0.351 e. The van der Waals surface area contributed by atoms with Crippen molar-refractivity contribution in [3.8, 4) is 17.0 Å². The number of aromatic nitrogens is 2. The van der Waals surface area contributed by atoms with Gasteiger partial charge in [0.05, 0.1) is 13.3 Å². The summed E-state index contributed by atoms with van der Waals surface area (Å²) in [6.07, 6.45) is 2.48. The highest BCUT2D eigenvalue weighted by Gasteiger charge is 2.25. The van der Waals surface area contributed by atoms with E-state index in [0.717, 1.165) is 28.1 Å². The third-order valence-electron chi connectivity index (χ3n) is 4.82. The maximum absolute atomic E-state index is 13.3. The van der Waals surface area contributed by atoms with Gasteiger partial charge < -0.3 is 10.1 Å². The summed E-state index contributed by atoms with van der Waals surface area (Å²) in [5.74, 6) is 0.709. The minimum Gasteiger partial charge on any atom is -0.496 e. The van der Waals surface area contributed by atoms with Crippen LogP contribution in [0.3, 0.4) is 0 Å². The number of nitrogens with one attached hydrogen (secondary N) is 2. The van der Waals surface area contributed by atoms with Crippen molar-refractivity contribution in [2.75, 3.05) is 13.7 Å². The lowest BCUT2D eigenvalue weighted by atomic mass is 10.1. The Morgan fingerprint density at radius 2 is 1.83 bits per heavy atom. The van der Waals surface area contributed by atoms with Crippen LogP contribution in [0.5, 0.6) is 5.75 Å². The normalized spacial score (nSPS) is 10.8. The second-order valence-electron chi connectivity index (χ2n) is 6.63. The van der Waals surface area contributed by atoms with Gasteiger partial charge in [-0.2, -0.15) is 4.40 Å². The molecule has 2 heterocycles. The number of H-pyrrole nitrogens is 1. The van der Waals surface area contributed by atoms with E-state index in [1.165, 1.54) is 12.1 Å². The molecule has 0 atom stereocenters. The van der Waals surface area contributed by atoms with Gasteiger partial charge in [-0.1, -0.05) is 24.3 Å². The summed E-state index contributed by atoms with van der Waals surface area (Å²) < 4.78 is 20.5. The number of ether oxygens (including phenoxy) is 1. The maximum Gasteiger partial charge on any atom is 0.351 e. The molecule has 2 aromatic carbocycles. The van der Waals surface area contributed by atoms with Crippen LogP contribution in [0.4, 0.5) is 4.39 Å². The Labute approximate surface area is 167 Å². The summed E-state index contributed by atoms with van der Waals surface area (Å²) in [5, 5.41) is 2.96. The third kappa shape index (κ3) is 3.82. The number of methoxy groups -OCH3 is 1. The molecule has 0 unspecified atom stereocenters. The molecule has 4 aromatic rings. The number of benzene rings is 2. The highest BCUT2D eigenvalue weighted by molar-refractivity contribution is 5.91. The molecule has 0 aliphatic rings. The predicted molar refractivity (Wildman–Crippen MR) is 108 cm³/mol. The summed E-state index contributed by atoms with van der Waals surface area (Å²) in [4.78, 5) is 16.0. The van der Waals surface area contributed by atoms with Gasteiger partial charge in [0.25, 0.3) is 0 Å². The number of amides is 1. The molecule has 0 spiro atoms. The van der Waals surface area contributed by atoms with E-state index in [1.54, 1.807) is 23.6 Å². The fourth-order valence-corrected chi connectivity index (χ4v) is 3.39. The van der Waals surface area contributed by atoms with Gasteiger partial charge in [0.1, 0.15) is 11.6 Å². The van der Waals surface area contributed by atoms with E-state index < -0.39 is 0 Å². The van der Waals surface area contributed by atoms with Gasteiger partial charge in [-0.15, -0.1) is 0 Å². The molecular formula is C23H21FN3O2+. The third-order valence-corrected chi connectivity index (χ3v) is 4.82. The number of fused-ring (bicyclic) bond motifs is 1. The number of hydrogen-bond acceptors (Lipinski definition) is 2. The molecular weight excluding hydrogens is 369 g/mol. The van der Waals surface area contributed by atoms with Gasteiger partial charge in [0.2, 0.25) is 0 Å². The monoisotopic (exact) mass is 390 g/mol. The summed E-state index contributed by atoms with van der Waals surface area (Å²) >= 11 is 0. The molecule has 0 aliphatic heterocycles. The number of halogens is 1. The molecule has 1 amide bonds. The summed E-state index contributed by atoms with van der Waals surface area (Å²) in [7, 11) is 1.64. The number of carbonyl (C=O) groups is 1. The summed E-state index contributed by atoms with van der Waals surface area (Å²) in [5.41, 5.74) is 3.45. The standard InChI is InChI=1S/C23H20FN3O2/c1-29-20-8-3-2-6-16(20)13-14-25-23(28)22-26-21(17-9-11-18(24)12-10-17)19-7-4-5-15-27(19)22/h2-12,15H,13-14H2,1H3,(H,25,28)/p+1. The molecule has 2 aromatic heterocycles. The van der Waals surface area contributed by atoms with Crippen LogP contribution in [0, 0.1) is 5.82 Å². The zero-order chi connectivity index (χ0) is 20.2. The number of imidazole rings is 1. The van der Waals surface area contributed by atoms with Gasteiger partial charge >= 0.3 is 11.7 Å². The van der Waals surface area contributed by atoms with E-state index in [2.05, 4.69) is 10.3 Å². The first-order chi connectivity index (χ1) is 14.2. The van der Waals surface area contributed by atoms with Crippen LogP contribution < -0.4 is 14.5 Å². The topological polar surface area (TPSA) is 58.2 Å². The highest BCUT2D eigenvalue weighted by Crippen LogP contribution is 2.22. The lowest BCUT2D eigenvalue weighted by Crippen LogP contribution is -2.35. The summed E-state index contributed by atoms with van der Waals surface area (Å²) in [6, 6.07) is 19.6. The molecule has 0 radical (unpaired) electrons. The predicted octanol–water partition coefficient (Wildman–Crippen LogP) is 3.54. The molecule has 146 valence electrons. The Morgan fingerprint density at radius 3 is 2.62 bits per heavy atom. The molecule has 0 saturated heterocycles. The molecule has 0 fully saturated rings. The van der Waals surface area contributed by atoms with E-state index in [0.29, 0.717) is 18.8 Å². The van der Waals surface area contributed by atoms with Crippen LogP contribution in [0.1, 0.15) is 16.2 Å². The minimum atomic E-state index is -0.299. The SMILES string of the molecule is COc1ccccc1CCNC(=O)c1[nH]c(-c2ccc(F)cc2)c2cccc[n+]12. The zero-order valence-corrected chi connectivity index (χ0v) is 16.0. The van der Waals surface area contributed by atoms with Crippen LogP contribution in [-0.2, 0) is 6.42 Å². The largest absolute Gasteiger partial charge is 0.496 e. The number of hydrogen-bond donors (Lipinski definition) is 2. The Kier molecular flexibility index (Phi) is 5.24. The van der Waals surface area contributed by atoms with Gasteiger partial charge in [0.15, 0.2) is 11.2 Å². The van der Waals surface area contributed by atoms with Crippen molar-refractivity contribution < 1.29 is 18.3 Å². The molecule has 6 heteroatoms. The van der Waals surface area contributed by atoms with E-state index in [-0.39, 0.29) is 11.7 Å². The van der Waals surface area contributed by atoms with Crippen LogP contribution in [0.15, 0.2) is 72.9 Å². The van der Waals surface area contributed by atoms with Crippen molar-refractivity contribution in [3.05, 3.63) is 90.1 Å². The van der Waals surface area contributed by atoms with Crippen molar-refractivity contribution in [1.29, 1.82) is 0 Å². The van der Waals surface area contributed by atoms with Crippen molar-refractivity contribution in [2.24, 2.45) is 0 Å². The van der Waals surface area contributed by atoms with Gasteiger partial charge in [0, 0.05) is 12.1 Å². The van der Waals surface area contributed by atoms with Crippen molar-refractivity contribution in [2.45, 2.75) is 6.42 Å². The van der Waals surface area contributed by atoms with E-state index >= 15 is 0 Å². The van der Waals surface area contributed by atoms with Gasteiger partial charge in [-0.05, 0) is 54.4 Å². The van der Waals surface area contributed by atoms with Crippen LogP contribution >= 0.6 is 0 Å². The van der Waals surface area contributed by atoms with Crippen molar-refractivity contribution >= 4 is 11.4 Å². The Hall–Kier alpha value is -3.67. The second-order valence-corrected chi connectivity index (χ2v) is 6.63. The number of aromatic amines is 1. The number of rotatable bonds is 6. The Morgan fingerprint density at radius 1 is 1.07 bits per heavy atom. The maximum atomic E-state index is 13.3. The number of pyridine rings is 1. The van der Waals surface area contributed by atoms with Gasteiger partial charge in [-0.25, -0.2) is 9.37 Å². The van der Waals surface area contributed by atoms with Crippen LogP contribution in [0.2, 0.25) is 0 Å². The van der Waals surface area contributed by atoms with E-state index in [9.17, 15) is 9.18 Å².